The Labute approximate surface area is 124 Å². The maximum Gasteiger partial charge on any atom is 0.322 e. The van der Waals surface area contributed by atoms with Crippen molar-refractivity contribution in [2.45, 2.75) is 18.6 Å². The molecule has 0 aliphatic carbocycles. The Bertz CT molecular complexity index is 514. The first-order chi connectivity index (χ1) is 10.2. The van der Waals surface area contributed by atoms with Gasteiger partial charge in [-0.1, -0.05) is 6.07 Å². The van der Waals surface area contributed by atoms with E-state index in [9.17, 15) is 4.79 Å². The maximum atomic E-state index is 12.4. The van der Waals surface area contributed by atoms with Crippen molar-refractivity contribution >= 4 is 11.7 Å². The largest absolute Gasteiger partial charge is 0.497 e. The van der Waals surface area contributed by atoms with E-state index in [0.29, 0.717) is 37.7 Å². The molecule has 6 nitrogen and oxygen atoms in total. The molecular weight excluding hydrogens is 272 g/mol. The summed E-state index contributed by atoms with van der Waals surface area (Å²) in [5.41, 5.74) is 0.715. The van der Waals surface area contributed by atoms with Crippen molar-refractivity contribution in [3.63, 3.8) is 0 Å². The van der Waals surface area contributed by atoms with Gasteiger partial charge in [0.05, 0.1) is 26.9 Å². The van der Waals surface area contributed by atoms with Gasteiger partial charge in [-0.15, -0.1) is 0 Å². The second kappa shape index (κ2) is 5.91. The van der Waals surface area contributed by atoms with Gasteiger partial charge in [0, 0.05) is 24.7 Å². The number of likely N-dealkylation sites (tertiary alicyclic amines) is 1. The monoisotopic (exact) mass is 292 g/mol. The molecule has 2 saturated heterocycles. The maximum absolute atomic E-state index is 12.4. The van der Waals surface area contributed by atoms with Gasteiger partial charge < -0.3 is 24.4 Å². The van der Waals surface area contributed by atoms with Crippen LogP contribution in [0.15, 0.2) is 24.3 Å². The molecule has 2 aliphatic heterocycles. The van der Waals surface area contributed by atoms with Crippen LogP contribution in [0, 0.1) is 0 Å². The van der Waals surface area contributed by atoms with Crippen molar-refractivity contribution in [2.75, 3.05) is 38.7 Å². The van der Waals surface area contributed by atoms with Crippen LogP contribution in [0.5, 0.6) is 5.75 Å². The number of nitrogens with one attached hydrogen (secondary N) is 1. The van der Waals surface area contributed by atoms with E-state index in [1.54, 1.807) is 18.1 Å². The number of nitrogens with zero attached hydrogens (tertiary/aromatic N) is 1. The lowest BCUT2D eigenvalue weighted by Crippen LogP contribution is -2.52. The number of piperidine rings is 1. The molecule has 1 aromatic carbocycles. The highest BCUT2D eigenvalue weighted by molar-refractivity contribution is 5.89. The van der Waals surface area contributed by atoms with Gasteiger partial charge in [0.2, 0.25) is 0 Å². The second-order valence-electron chi connectivity index (χ2n) is 5.29. The Hall–Kier alpha value is -1.79. The highest BCUT2D eigenvalue weighted by atomic mass is 16.7. The lowest BCUT2D eigenvalue weighted by molar-refractivity contribution is -0.182. The summed E-state index contributed by atoms with van der Waals surface area (Å²) < 4.78 is 16.5. The first kappa shape index (κ1) is 14.2. The van der Waals surface area contributed by atoms with E-state index < -0.39 is 5.79 Å². The number of hydrogen-bond donors (Lipinski definition) is 1. The quantitative estimate of drug-likeness (QED) is 0.906. The zero-order valence-corrected chi connectivity index (χ0v) is 12.1. The lowest BCUT2D eigenvalue weighted by atomic mass is 10.1. The van der Waals surface area contributed by atoms with Gasteiger partial charge in [-0.3, -0.25) is 0 Å². The Morgan fingerprint density at radius 3 is 2.95 bits per heavy atom. The molecule has 0 bridgehead atoms. The minimum absolute atomic E-state index is 0.138. The number of amides is 2. The predicted molar refractivity (Wildman–Crippen MR) is 77.5 cm³/mol. The van der Waals surface area contributed by atoms with Gasteiger partial charge in [-0.25, -0.2) is 4.79 Å². The van der Waals surface area contributed by atoms with Crippen LogP contribution < -0.4 is 10.1 Å². The molecule has 6 heteroatoms. The summed E-state index contributed by atoms with van der Waals surface area (Å²) in [6.07, 6.45) is 1.72. The number of rotatable bonds is 2. The number of carbonyl (C=O) groups is 1. The molecular formula is C15H20N2O4. The zero-order valence-electron chi connectivity index (χ0n) is 12.1. The molecule has 0 aromatic heterocycles. The average Bonchev–Trinajstić information content (AvgIpc) is 2.95. The van der Waals surface area contributed by atoms with Crippen LogP contribution in [0.1, 0.15) is 12.8 Å². The van der Waals surface area contributed by atoms with Gasteiger partial charge >= 0.3 is 6.03 Å². The Morgan fingerprint density at radius 2 is 2.19 bits per heavy atom. The summed E-state index contributed by atoms with van der Waals surface area (Å²) in [5.74, 6) is 0.120. The molecule has 2 amide bonds. The van der Waals surface area contributed by atoms with E-state index in [1.165, 1.54) is 0 Å². The second-order valence-corrected chi connectivity index (χ2v) is 5.29. The minimum Gasteiger partial charge on any atom is -0.497 e. The third-order valence-electron chi connectivity index (χ3n) is 3.84. The van der Waals surface area contributed by atoms with Gasteiger partial charge in [0.1, 0.15) is 5.75 Å². The fourth-order valence-electron chi connectivity index (χ4n) is 2.80. The van der Waals surface area contributed by atoms with Crippen LogP contribution in [0.4, 0.5) is 10.5 Å². The molecule has 3 rings (SSSR count). The molecule has 0 saturated carbocycles. The van der Waals surface area contributed by atoms with E-state index in [4.69, 9.17) is 14.2 Å². The predicted octanol–water partition coefficient (Wildman–Crippen LogP) is 2.07. The summed E-state index contributed by atoms with van der Waals surface area (Å²) in [5, 5.41) is 2.89. The molecule has 1 N–H and O–H groups in total. The van der Waals surface area contributed by atoms with E-state index >= 15 is 0 Å². The Morgan fingerprint density at radius 1 is 1.38 bits per heavy atom. The van der Waals surface area contributed by atoms with Crippen molar-refractivity contribution in [3.05, 3.63) is 24.3 Å². The molecule has 0 unspecified atom stereocenters. The molecule has 2 heterocycles. The number of anilines is 1. The summed E-state index contributed by atoms with van der Waals surface area (Å²) in [4.78, 5) is 14.1. The van der Waals surface area contributed by atoms with Crippen LogP contribution in [-0.4, -0.2) is 50.1 Å². The lowest BCUT2D eigenvalue weighted by Gasteiger charge is -2.38. The van der Waals surface area contributed by atoms with Crippen molar-refractivity contribution in [3.8, 4) is 5.75 Å². The van der Waals surface area contributed by atoms with E-state index in [0.717, 1.165) is 12.8 Å². The highest BCUT2D eigenvalue weighted by Crippen LogP contribution is 2.30. The third kappa shape index (κ3) is 3.11. The SMILES string of the molecule is COc1cccc(NC(=O)N2CCCC3(C2)OCCO3)c1. The van der Waals surface area contributed by atoms with Crippen molar-refractivity contribution < 1.29 is 19.0 Å². The van der Waals surface area contributed by atoms with E-state index in [-0.39, 0.29) is 6.03 Å². The van der Waals surface area contributed by atoms with Gasteiger partial charge in [0.25, 0.3) is 0 Å². The number of urea groups is 1. The minimum atomic E-state index is -0.593. The summed E-state index contributed by atoms with van der Waals surface area (Å²) in [6, 6.07) is 7.17. The number of methoxy groups -OCH3 is 1. The number of benzene rings is 1. The van der Waals surface area contributed by atoms with Gasteiger partial charge in [0.15, 0.2) is 5.79 Å². The van der Waals surface area contributed by atoms with Crippen molar-refractivity contribution in [1.29, 1.82) is 0 Å². The molecule has 1 aromatic rings. The third-order valence-corrected chi connectivity index (χ3v) is 3.84. The summed E-state index contributed by atoms with van der Waals surface area (Å²) >= 11 is 0. The average molecular weight is 292 g/mol. The fraction of sp³-hybridized carbons (Fsp3) is 0.533. The molecule has 114 valence electrons. The van der Waals surface area contributed by atoms with Crippen LogP contribution in [0.2, 0.25) is 0 Å². The smallest absolute Gasteiger partial charge is 0.322 e. The molecule has 0 radical (unpaired) electrons. The zero-order chi connectivity index (χ0) is 14.7. The van der Waals surface area contributed by atoms with Gasteiger partial charge in [-0.05, 0) is 18.6 Å². The normalized spacial score (nSPS) is 20.5. The van der Waals surface area contributed by atoms with Crippen LogP contribution >= 0.6 is 0 Å². The van der Waals surface area contributed by atoms with Crippen LogP contribution in [0.25, 0.3) is 0 Å². The van der Waals surface area contributed by atoms with E-state index in [1.807, 2.05) is 18.2 Å². The number of ether oxygens (including phenoxy) is 3. The molecule has 2 fully saturated rings. The van der Waals surface area contributed by atoms with Crippen LogP contribution in [-0.2, 0) is 9.47 Å². The molecule has 2 aliphatic rings. The first-order valence-corrected chi connectivity index (χ1v) is 7.19. The summed E-state index contributed by atoms with van der Waals surface area (Å²) in [7, 11) is 1.60. The van der Waals surface area contributed by atoms with Crippen molar-refractivity contribution in [2.24, 2.45) is 0 Å². The molecule has 21 heavy (non-hydrogen) atoms. The van der Waals surface area contributed by atoms with Gasteiger partial charge in [-0.2, -0.15) is 0 Å². The Kier molecular flexibility index (Phi) is 3.98. The highest BCUT2D eigenvalue weighted by Gasteiger charge is 2.42. The first-order valence-electron chi connectivity index (χ1n) is 7.19. The van der Waals surface area contributed by atoms with E-state index in [2.05, 4.69) is 5.32 Å². The van der Waals surface area contributed by atoms with Crippen molar-refractivity contribution in [1.82, 2.24) is 4.90 Å². The van der Waals surface area contributed by atoms with Crippen LogP contribution in [0.3, 0.4) is 0 Å². The fourth-order valence-corrected chi connectivity index (χ4v) is 2.80. The standard InChI is InChI=1S/C15H20N2O4/c1-19-13-5-2-4-12(10-13)16-14(18)17-7-3-6-15(11-17)20-8-9-21-15/h2,4-5,10H,3,6-9,11H2,1H3,(H,16,18). The summed E-state index contributed by atoms with van der Waals surface area (Å²) in [6.45, 7) is 2.39. The topological polar surface area (TPSA) is 60.0 Å². The Balaban J connectivity index is 1.64. The molecule has 0 atom stereocenters. The number of hydrogen-bond acceptors (Lipinski definition) is 4. The molecule has 1 spiro atoms. The number of carbonyl (C=O) groups excluding carboxylic acids is 1.